The second-order valence-electron chi connectivity index (χ2n) is 6.79. The lowest BCUT2D eigenvalue weighted by Crippen LogP contribution is -2.47. The minimum absolute atomic E-state index is 0.0136. The number of pyridine rings is 1. The number of esters is 1. The number of amidine groups is 1. The molecule has 9 nitrogen and oxygen atoms in total. The molecular formula is C20H22FN5O4. The monoisotopic (exact) mass is 415 g/mol. The minimum atomic E-state index is -1.08. The van der Waals surface area contributed by atoms with Crippen molar-refractivity contribution in [3.63, 3.8) is 0 Å². The number of carbonyl (C=O) groups excluding carboxylic acids is 1. The lowest BCUT2D eigenvalue weighted by atomic mass is 10.1. The van der Waals surface area contributed by atoms with Gasteiger partial charge in [0.2, 0.25) is 0 Å². The van der Waals surface area contributed by atoms with Crippen molar-refractivity contribution in [3.8, 4) is 0 Å². The average Bonchev–Trinajstić information content (AvgIpc) is 2.73. The Morgan fingerprint density at radius 1 is 1.17 bits per heavy atom. The third kappa shape index (κ3) is 5.02. The van der Waals surface area contributed by atoms with Gasteiger partial charge < -0.3 is 25.4 Å². The van der Waals surface area contributed by atoms with Crippen LogP contribution >= 0.6 is 0 Å². The summed E-state index contributed by atoms with van der Waals surface area (Å²) < 4.78 is 19.9. The molecule has 2 heterocycles. The maximum atomic E-state index is 14.9. The largest absolute Gasteiger partial charge is 0.477 e. The molecule has 1 saturated heterocycles. The van der Waals surface area contributed by atoms with Crippen LogP contribution in [0.5, 0.6) is 0 Å². The highest BCUT2D eigenvalue weighted by Crippen LogP contribution is 2.25. The summed E-state index contributed by atoms with van der Waals surface area (Å²) in [4.78, 5) is 30.3. The first-order valence-electron chi connectivity index (χ1n) is 9.30. The van der Waals surface area contributed by atoms with E-state index in [1.54, 1.807) is 24.3 Å². The Balaban J connectivity index is 1.62. The van der Waals surface area contributed by atoms with Crippen LogP contribution in [0.4, 0.5) is 15.8 Å². The van der Waals surface area contributed by atoms with Crippen molar-refractivity contribution in [2.45, 2.75) is 13.0 Å². The summed E-state index contributed by atoms with van der Waals surface area (Å²) in [6, 6.07) is 8.09. The van der Waals surface area contributed by atoms with E-state index in [9.17, 15) is 14.0 Å². The van der Waals surface area contributed by atoms with Gasteiger partial charge in [-0.25, -0.2) is 14.2 Å². The second-order valence-corrected chi connectivity index (χ2v) is 6.79. The number of benzene rings is 1. The number of carbonyl (C=O) groups is 2. The molecule has 3 rings (SSSR count). The van der Waals surface area contributed by atoms with E-state index >= 15 is 0 Å². The first-order valence-corrected chi connectivity index (χ1v) is 9.30. The summed E-state index contributed by atoms with van der Waals surface area (Å²) in [5.41, 5.74) is 6.63. The fourth-order valence-corrected chi connectivity index (χ4v) is 3.19. The number of rotatable bonds is 7. The topological polar surface area (TPSA) is 133 Å². The molecule has 0 spiro atoms. The molecular weight excluding hydrogens is 393 g/mol. The predicted octanol–water partition coefficient (Wildman–Crippen LogP) is 1.61. The Hall–Kier alpha value is -3.69. The predicted molar refractivity (Wildman–Crippen MR) is 108 cm³/mol. The molecule has 1 aromatic heterocycles. The number of nitrogens with zero attached hydrogens (tertiary/aromatic N) is 3. The number of ether oxygens (including phenoxy) is 1. The van der Waals surface area contributed by atoms with Crippen molar-refractivity contribution in [3.05, 3.63) is 53.6 Å². The summed E-state index contributed by atoms with van der Waals surface area (Å²) in [5, 5.41) is 16.0. The van der Waals surface area contributed by atoms with Gasteiger partial charge in [-0.05, 0) is 18.2 Å². The van der Waals surface area contributed by atoms with Gasteiger partial charge in [0.1, 0.15) is 24.6 Å². The van der Waals surface area contributed by atoms with E-state index < -0.39 is 17.8 Å². The van der Waals surface area contributed by atoms with Crippen molar-refractivity contribution in [2.24, 2.45) is 5.73 Å². The number of carboxylic acids is 1. The van der Waals surface area contributed by atoms with Gasteiger partial charge in [-0.1, -0.05) is 12.1 Å². The number of aromatic nitrogens is 1. The van der Waals surface area contributed by atoms with Crippen LogP contribution in [-0.4, -0.2) is 54.0 Å². The lowest BCUT2D eigenvalue weighted by Gasteiger charge is -2.37. The number of hydrogen-bond donors (Lipinski definition) is 3. The number of nitrogens with one attached hydrogen (secondary N) is 1. The molecule has 1 aromatic carbocycles. The Labute approximate surface area is 172 Å². The highest BCUT2D eigenvalue weighted by Gasteiger charge is 2.22. The molecule has 0 unspecified atom stereocenters. The van der Waals surface area contributed by atoms with Gasteiger partial charge in [-0.2, -0.15) is 0 Å². The highest BCUT2D eigenvalue weighted by molar-refractivity contribution is 5.94. The van der Waals surface area contributed by atoms with E-state index in [2.05, 4.69) is 9.88 Å². The molecule has 1 fully saturated rings. The Morgan fingerprint density at radius 3 is 2.47 bits per heavy atom. The molecule has 10 heteroatoms. The van der Waals surface area contributed by atoms with Gasteiger partial charge >= 0.3 is 11.9 Å². The molecule has 1 aliphatic heterocycles. The Morgan fingerprint density at radius 2 is 1.87 bits per heavy atom. The SMILES string of the molecule is N=C(N)CC(=O)OCc1cccc(N2CCN(c3ccc(C(=O)O)nc3)CC2)c1F. The molecule has 158 valence electrons. The van der Waals surface area contributed by atoms with Gasteiger partial charge in [0.05, 0.1) is 17.6 Å². The third-order valence-corrected chi connectivity index (χ3v) is 4.73. The van der Waals surface area contributed by atoms with Crippen LogP contribution in [0, 0.1) is 11.2 Å². The molecule has 1 aliphatic rings. The first kappa shape index (κ1) is 21.0. The zero-order chi connectivity index (χ0) is 21.7. The number of aromatic carboxylic acids is 1. The standard InChI is InChI=1S/C20H22FN5O4/c21-19-13(12-30-18(27)10-17(22)23)2-1-3-16(19)26-8-6-25(7-9-26)14-4-5-15(20(28)29)24-11-14/h1-5,11H,6-10,12H2,(H3,22,23)(H,28,29). The summed E-state index contributed by atoms with van der Waals surface area (Å²) >= 11 is 0. The summed E-state index contributed by atoms with van der Waals surface area (Å²) in [6.07, 6.45) is 1.20. The van der Waals surface area contributed by atoms with E-state index in [1.165, 1.54) is 12.3 Å². The normalized spacial score (nSPS) is 13.8. The first-order chi connectivity index (χ1) is 14.3. The van der Waals surface area contributed by atoms with Crippen molar-refractivity contribution < 1.29 is 23.8 Å². The van der Waals surface area contributed by atoms with Crippen LogP contribution in [-0.2, 0) is 16.1 Å². The number of piperazine rings is 1. The number of anilines is 2. The molecule has 0 aliphatic carbocycles. The highest BCUT2D eigenvalue weighted by atomic mass is 19.1. The van der Waals surface area contributed by atoms with Crippen LogP contribution in [0.2, 0.25) is 0 Å². The Kier molecular flexibility index (Phi) is 6.45. The fourth-order valence-electron chi connectivity index (χ4n) is 3.19. The zero-order valence-electron chi connectivity index (χ0n) is 16.2. The number of halogens is 1. The summed E-state index contributed by atoms with van der Waals surface area (Å²) in [7, 11) is 0. The fraction of sp³-hybridized carbons (Fsp3) is 0.300. The van der Waals surface area contributed by atoms with Crippen molar-refractivity contribution >= 4 is 29.1 Å². The second kappa shape index (κ2) is 9.21. The molecule has 30 heavy (non-hydrogen) atoms. The number of hydrogen-bond acceptors (Lipinski definition) is 7. The van der Waals surface area contributed by atoms with Crippen LogP contribution < -0.4 is 15.5 Å². The smallest absolute Gasteiger partial charge is 0.354 e. The van der Waals surface area contributed by atoms with Gasteiger partial charge in [-0.15, -0.1) is 0 Å². The quantitative estimate of drug-likeness (QED) is 0.353. The van der Waals surface area contributed by atoms with E-state index in [0.29, 0.717) is 31.9 Å². The van der Waals surface area contributed by atoms with Gasteiger partial charge in [0.25, 0.3) is 0 Å². The van der Waals surface area contributed by atoms with Crippen LogP contribution in [0.25, 0.3) is 0 Å². The maximum Gasteiger partial charge on any atom is 0.354 e. The minimum Gasteiger partial charge on any atom is -0.477 e. The molecule has 0 radical (unpaired) electrons. The lowest BCUT2D eigenvalue weighted by molar-refractivity contribution is -0.143. The van der Waals surface area contributed by atoms with Gasteiger partial charge in [-0.3, -0.25) is 10.2 Å². The Bertz CT molecular complexity index is 943. The van der Waals surface area contributed by atoms with Crippen molar-refractivity contribution in [1.29, 1.82) is 5.41 Å². The molecule has 4 N–H and O–H groups in total. The van der Waals surface area contributed by atoms with Crippen molar-refractivity contribution in [2.75, 3.05) is 36.0 Å². The third-order valence-electron chi connectivity index (χ3n) is 4.73. The molecule has 0 atom stereocenters. The molecule has 0 saturated carbocycles. The molecule has 0 amide bonds. The van der Waals surface area contributed by atoms with Crippen LogP contribution in [0.3, 0.4) is 0 Å². The van der Waals surface area contributed by atoms with Crippen LogP contribution in [0.1, 0.15) is 22.5 Å². The summed E-state index contributed by atoms with van der Waals surface area (Å²) in [6.45, 7) is 2.13. The van der Waals surface area contributed by atoms with E-state index in [0.717, 1.165) is 5.69 Å². The molecule has 2 aromatic rings. The summed E-state index contributed by atoms with van der Waals surface area (Å²) in [5.74, 6) is -2.51. The molecule has 0 bridgehead atoms. The van der Waals surface area contributed by atoms with Crippen LogP contribution in [0.15, 0.2) is 36.5 Å². The van der Waals surface area contributed by atoms with E-state index in [1.807, 2.05) is 4.90 Å². The van der Waals surface area contributed by atoms with E-state index in [-0.39, 0.29) is 30.1 Å². The number of carboxylic acid groups (broad SMARTS) is 1. The average molecular weight is 415 g/mol. The van der Waals surface area contributed by atoms with Gasteiger partial charge in [0.15, 0.2) is 5.82 Å². The zero-order valence-corrected chi connectivity index (χ0v) is 16.2. The van der Waals surface area contributed by atoms with Gasteiger partial charge in [0, 0.05) is 31.7 Å². The van der Waals surface area contributed by atoms with E-state index in [4.69, 9.17) is 21.0 Å². The maximum absolute atomic E-state index is 14.9. The van der Waals surface area contributed by atoms with Crippen molar-refractivity contribution in [1.82, 2.24) is 4.98 Å². The number of nitrogens with two attached hydrogens (primary N) is 1.